The topological polar surface area (TPSA) is 87.1 Å². The van der Waals surface area contributed by atoms with Crippen LogP contribution in [0.3, 0.4) is 0 Å². The van der Waals surface area contributed by atoms with Gasteiger partial charge < -0.3 is 14.9 Å². The highest BCUT2D eigenvalue weighted by Crippen LogP contribution is 2.36. The van der Waals surface area contributed by atoms with E-state index in [0.29, 0.717) is 5.56 Å². The number of aliphatic carboxylic acids is 1. The molecule has 6 nitrogen and oxygen atoms in total. The van der Waals surface area contributed by atoms with Gasteiger partial charge in [0.1, 0.15) is 17.2 Å². The van der Waals surface area contributed by atoms with Crippen molar-refractivity contribution in [3.63, 3.8) is 0 Å². The Bertz CT molecular complexity index is 566. The summed E-state index contributed by atoms with van der Waals surface area (Å²) in [4.78, 5) is 24.7. The fourth-order valence-electron chi connectivity index (χ4n) is 2.58. The molecular weight excluding hydrogens is 286 g/mol. The van der Waals surface area contributed by atoms with Gasteiger partial charge in [-0.2, -0.15) is 0 Å². The second kappa shape index (κ2) is 5.61. The number of carboxylic acids is 1. The number of ether oxygens (including phenoxy) is 1. The number of carboxylic acid groups (broad SMARTS) is 1. The molecule has 120 valence electrons. The number of benzene rings is 1. The summed E-state index contributed by atoms with van der Waals surface area (Å²) < 4.78 is 5.24. The SMILES string of the molecule is CC(C)(C)OC(=O)N1C[C@](O)(c2ccccc2)C[C@@H]1C(=O)O. The second-order valence-corrected chi connectivity index (χ2v) is 6.56. The molecule has 1 amide bonds. The van der Waals surface area contributed by atoms with Crippen molar-refractivity contribution in [1.29, 1.82) is 0 Å². The number of aliphatic hydroxyl groups is 1. The number of carbonyl (C=O) groups excluding carboxylic acids is 1. The minimum Gasteiger partial charge on any atom is -0.480 e. The number of amides is 1. The maximum absolute atomic E-state index is 12.2. The van der Waals surface area contributed by atoms with Gasteiger partial charge in [-0.25, -0.2) is 9.59 Å². The molecule has 0 saturated carbocycles. The van der Waals surface area contributed by atoms with E-state index >= 15 is 0 Å². The zero-order valence-electron chi connectivity index (χ0n) is 12.9. The molecule has 0 spiro atoms. The first kappa shape index (κ1) is 16.3. The van der Waals surface area contributed by atoms with Crippen LogP contribution in [-0.2, 0) is 15.1 Å². The zero-order valence-corrected chi connectivity index (χ0v) is 12.9. The summed E-state index contributed by atoms with van der Waals surface area (Å²) in [5.41, 5.74) is -1.53. The van der Waals surface area contributed by atoms with E-state index in [1.807, 2.05) is 6.07 Å². The van der Waals surface area contributed by atoms with Crippen molar-refractivity contribution in [3.05, 3.63) is 35.9 Å². The summed E-state index contributed by atoms with van der Waals surface area (Å²) in [6, 6.07) is 7.66. The van der Waals surface area contributed by atoms with Crippen LogP contribution in [0.2, 0.25) is 0 Å². The lowest BCUT2D eigenvalue weighted by Gasteiger charge is -2.27. The minimum atomic E-state index is -1.39. The van der Waals surface area contributed by atoms with Crippen LogP contribution in [0.4, 0.5) is 4.79 Å². The van der Waals surface area contributed by atoms with Gasteiger partial charge in [0.05, 0.1) is 6.54 Å². The molecule has 1 aliphatic heterocycles. The van der Waals surface area contributed by atoms with Crippen LogP contribution < -0.4 is 0 Å². The number of likely N-dealkylation sites (tertiary alicyclic amines) is 1. The lowest BCUT2D eigenvalue weighted by atomic mass is 9.91. The van der Waals surface area contributed by atoms with Gasteiger partial charge in [0.25, 0.3) is 0 Å². The Morgan fingerprint density at radius 3 is 2.36 bits per heavy atom. The van der Waals surface area contributed by atoms with E-state index in [9.17, 15) is 19.8 Å². The maximum Gasteiger partial charge on any atom is 0.411 e. The number of hydrogen-bond acceptors (Lipinski definition) is 4. The van der Waals surface area contributed by atoms with E-state index in [2.05, 4.69) is 0 Å². The van der Waals surface area contributed by atoms with E-state index in [-0.39, 0.29) is 13.0 Å². The summed E-state index contributed by atoms with van der Waals surface area (Å²) in [5.74, 6) is -1.15. The van der Waals surface area contributed by atoms with E-state index in [1.54, 1.807) is 45.0 Å². The first-order valence-electron chi connectivity index (χ1n) is 7.13. The molecule has 0 radical (unpaired) electrons. The van der Waals surface area contributed by atoms with E-state index in [0.717, 1.165) is 4.90 Å². The van der Waals surface area contributed by atoms with Gasteiger partial charge in [0.15, 0.2) is 0 Å². The van der Waals surface area contributed by atoms with Crippen LogP contribution in [0, 0.1) is 0 Å². The van der Waals surface area contributed by atoms with Gasteiger partial charge in [-0.1, -0.05) is 30.3 Å². The fourth-order valence-corrected chi connectivity index (χ4v) is 2.58. The Kier molecular flexibility index (Phi) is 4.15. The molecule has 1 fully saturated rings. The van der Waals surface area contributed by atoms with Gasteiger partial charge >= 0.3 is 12.1 Å². The Balaban J connectivity index is 2.27. The quantitative estimate of drug-likeness (QED) is 0.872. The van der Waals surface area contributed by atoms with Crippen LogP contribution in [0.15, 0.2) is 30.3 Å². The molecule has 6 heteroatoms. The number of nitrogens with zero attached hydrogens (tertiary/aromatic N) is 1. The van der Waals surface area contributed by atoms with Crippen molar-refractivity contribution in [2.24, 2.45) is 0 Å². The first-order valence-corrected chi connectivity index (χ1v) is 7.13. The van der Waals surface area contributed by atoms with Crippen LogP contribution >= 0.6 is 0 Å². The molecule has 2 rings (SSSR count). The van der Waals surface area contributed by atoms with Crippen molar-refractivity contribution in [2.45, 2.75) is 44.4 Å². The van der Waals surface area contributed by atoms with Crippen molar-refractivity contribution in [3.8, 4) is 0 Å². The molecule has 2 atom stereocenters. The number of carbonyl (C=O) groups is 2. The third-order valence-corrected chi connectivity index (χ3v) is 3.56. The maximum atomic E-state index is 12.2. The Morgan fingerprint density at radius 2 is 1.86 bits per heavy atom. The molecule has 1 heterocycles. The summed E-state index contributed by atoms with van der Waals surface area (Å²) in [6.45, 7) is 5.02. The molecule has 0 unspecified atom stereocenters. The van der Waals surface area contributed by atoms with Crippen LogP contribution in [-0.4, -0.2) is 45.4 Å². The first-order chi connectivity index (χ1) is 10.1. The van der Waals surface area contributed by atoms with Gasteiger partial charge in [-0.05, 0) is 26.3 Å². The molecular formula is C16H21NO5. The van der Waals surface area contributed by atoms with Crippen molar-refractivity contribution in [2.75, 3.05) is 6.54 Å². The molecule has 22 heavy (non-hydrogen) atoms. The van der Waals surface area contributed by atoms with Gasteiger partial charge in [0, 0.05) is 6.42 Å². The summed E-state index contributed by atoms with van der Waals surface area (Å²) in [6.07, 6.45) is -0.794. The highest BCUT2D eigenvalue weighted by molar-refractivity contribution is 5.81. The van der Waals surface area contributed by atoms with Crippen LogP contribution in [0.25, 0.3) is 0 Å². The van der Waals surface area contributed by atoms with Gasteiger partial charge in [-0.3, -0.25) is 4.90 Å². The summed E-state index contributed by atoms with van der Waals surface area (Å²) in [7, 11) is 0. The Labute approximate surface area is 129 Å². The highest BCUT2D eigenvalue weighted by atomic mass is 16.6. The molecule has 1 aromatic carbocycles. The van der Waals surface area contributed by atoms with E-state index in [1.165, 1.54) is 0 Å². The third kappa shape index (κ3) is 3.39. The second-order valence-electron chi connectivity index (χ2n) is 6.56. The summed E-state index contributed by atoms with van der Waals surface area (Å²) >= 11 is 0. The molecule has 0 bridgehead atoms. The predicted molar refractivity (Wildman–Crippen MR) is 79.3 cm³/mol. The number of hydrogen-bond donors (Lipinski definition) is 2. The van der Waals surface area contributed by atoms with Gasteiger partial charge in [0.2, 0.25) is 0 Å². The molecule has 2 N–H and O–H groups in total. The smallest absolute Gasteiger partial charge is 0.411 e. The molecule has 0 aliphatic carbocycles. The molecule has 1 aliphatic rings. The fraction of sp³-hybridized carbons (Fsp3) is 0.500. The van der Waals surface area contributed by atoms with Crippen molar-refractivity contribution in [1.82, 2.24) is 4.90 Å². The molecule has 1 aromatic rings. The normalized spacial score (nSPS) is 25.1. The number of rotatable bonds is 2. The average Bonchev–Trinajstić information content (AvgIpc) is 2.78. The van der Waals surface area contributed by atoms with Gasteiger partial charge in [-0.15, -0.1) is 0 Å². The standard InChI is InChI=1S/C16H21NO5/c1-15(2,3)22-14(20)17-10-16(21,9-12(17)13(18)19)11-7-5-4-6-8-11/h4-8,12,21H,9-10H2,1-3H3,(H,18,19)/t12-,16+/m1/s1. The predicted octanol–water partition coefficient (Wildman–Crippen LogP) is 1.97. The molecule has 0 aromatic heterocycles. The monoisotopic (exact) mass is 307 g/mol. The largest absolute Gasteiger partial charge is 0.480 e. The lowest BCUT2D eigenvalue weighted by molar-refractivity contribution is -0.142. The molecule has 1 saturated heterocycles. The lowest BCUT2D eigenvalue weighted by Crippen LogP contribution is -2.43. The third-order valence-electron chi connectivity index (χ3n) is 3.56. The Hall–Kier alpha value is -2.08. The van der Waals surface area contributed by atoms with E-state index in [4.69, 9.17) is 4.74 Å². The van der Waals surface area contributed by atoms with Crippen molar-refractivity contribution >= 4 is 12.1 Å². The highest BCUT2D eigenvalue weighted by Gasteiger charge is 2.50. The zero-order chi connectivity index (χ0) is 16.5. The van der Waals surface area contributed by atoms with Crippen molar-refractivity contribution < 1.29 is 24.5 Å². The number of β-amino-alcohol motifs (C(OH)–C–C–N with tert-alkyl or cyclic N) is 1. The Morgan fingerprint density at radius 1 is 1.27 bits per heavy atom. The van der Waals surface area contributed by atoms with Crippen LogP contribution in [0.1, 0.15) is 32.8 Å². The minimum absolute atomic E-state index is 0.0639. The van der Waals surface area contributed by atoms with Crippen LogP contribution in [0.5, 0.6) is 0 Å². The van der Waals surface area contributed by atoms with E-state index < -0.39 is 29.3 Å². The average molecular weight is 307 g/mol. The summed E-state index contributed by atoms with van der Waals surface area (Å²) in [5, 5.41) is 20.1.